The summed E-state index contributed by atoms with van der Waals surface area (Å²) < 4.78 is 0. The highest BCUT2D eigenvalue weighted by Crippen LogP contribution is 2.20. The standard InChI is InChI=1S/C14H24N4/c1-10(2)13-8-11(3)16-14(17-13)18-7-5-6-12(9-18)15-4/h8,10,12,15H,5-7,9H2,1-4H3. The molecular weight excluding hydrogens is 224 g/mol. The summed E-state index contributed by atoms with van der Waals surface area (Å²) in [5.74, 6) is 1.36. The zero-order valence-corrected chi connectivity index (χ0v) is 11.9. The fourth-order valence-corrected chi connectivity index (χ4v) is 2.41. The van der Waals surface area contributed by atoms with E-state index < -0.39 is 0 Å². The first-order valence-electron chi connectivity index (χ1n) is 6.88. The van der Waals surface area contributed by atoms with Crippen molar-refractivity contribution in [3.8, 4) is 0 Å². The van der Waals surface area contributed by atoms with Gasteiger partial charge in [-0.2, -0.15) is 0 Å². The Morgan fingerprint density at radius 3 is 2.83 bits per heavy atom. The number of piperidine rings is 1. The lowest BCUT2D eigenvalue weighted by Gasteiger charge is -2.33. The molecule has 4 heteroatoms. The molecule has 1 unspecified atom stereocenters. The number of hydrogen-bond acceptors (Lipinski definition) is 4. The van der Waals surface area contributed by atoms with Crippen LogP contribution in [0.3, 0.4) is 0 Å². The summed E-state index contributed by atoms with van der Waals surface area (Å²) in [6.07, 6.45) is 2.45. The maximum atomic E-state index is 4.71. The van der Waals surface area contributed by atoms with Gasteiger partial charge in [-0.15, -0.1) is 0 Å². The number of rotatable bonds is 3. The van der Waals surface area contributed by atoms with Crippen molar-refractivity contribution in [2.45, 2.75) is 45.6 Å². The molecule has 1 aliphatic heterocycles. The summed E-state index contributed by atoms with van der Waals surface area (Å²) in [6, 6.07) is 2.65. The Hall–Kier alpha value is -1.16. The Morgan fingerprint density at radius 2 is 2.17 bits per heavy atom. The minimum atomic E-state index is 0.454. The molecule has 1 saturated heterocycles. The van der Waals surface area contributed by atoms with E-state index in [1.807, 2.05) is 7.05 Å². The molecule has 2 rings (SSSR count). The highest BCUT2D eigenvalue weighted by molar-refractivity contribution is 5.34. The van der Waals surface area contributed by atoms with Crippen molar-refractivity contribution in [3.05, 3.63) is 17.5 Å². The molecule has 0 radical (unpaired) electrons. The van der Waals surface area contributed by atoms with Gasteiger partial charge in [-0.1, -0.05) is 13.8 Å². The van der Waals surface area contributed by atoms with Crippen LogP contribution in [0, 0.1) is 6.92 Å². The number of likely N-dealkylation sites (N-methyl/N-ethyl adjacent to an activating group) is 1. The summed E-state index contributed by atoms with van der Waals surface area (Å²) in [6.45, 7) is 8.49. The van der Waals surface area contributed by atoms with Crippen LogP contribution in [0.25, 0.3) is 0 Å². The first kappa shape index (κ1) is 13.3. The van der Waals surface area contributed by atoms with Gasteiger partial charge in [-0.3, -0.25) is 0 Å². The second kappa shape index (κ2) is 5.65. The molecule has 1 atom stereocenters. The third kappa shape index (κ3) is 2.99. The van der Waals surface area contributed by atoms with Crippen molar-refractivity contribution in [2.75, 3.05) is 25.0 Å². The van der Waals surface area contributed by atoms with Gasteiger partial charge in [0.15, 0.2) is 0 Å². The third-order valence-electron chi connectivity index (χ3n) is 3.57. The van der Waals surface area contributed by atoms with Crippen molar-refractivity contribution in [1.29, 1.82) is 0 Å². The summed E-state index contributed by atoms with van der Waals surface area (Å²) in [7, 11) is 2.03. The fourth-order valence-electron chi connectivity index (χ4n) is 2.41. The Balaban J connectivity index is 2.21. The highest BCUT2D eigenvalue weighted by Gasteiger charge is 2.21. The van der Waals surface area contributed by atoms with Crippen LogP contribution in [0.1, 0.15) is 44.0 Å². The van der Waals surface area contributed by atoms with Crippen LogP contribution in [0.5, 0.6) is 0 Å². The van der Waals surface area contributed by atoms with Crippen molar-refractivity contribution < 1.29 is 0 Å². The Kier molecular flexibility index (Phi) is 4.17. The third-order valence-corrected chi connectivity index (χ3v) is 3.57. The molecule has 0 spiro atoms. The molecule has 0 amide bonds. The summed E-state index contributed by atoms with van der Waals surface area (Å²) in [5.41, 5.74) is 2.21. The van der Waals surface area contributed by atoms with Gasteiger partial charge in [-0.25, -0.2) is 9.97 Å². The molecule has 0 aromatic carbocycles. The van der Waals surface area contributed by atoms with E-state index in [1.165, 1.54) is 12.8 Å². The van der Waals surface area contributed by atoms with Crippen molar-refractivity contribution in [1.82, 2.24) is 15.3 Å². The maximum absolute atomic E-state index is 4.71. The largest absolute Gasteiger partial charge is 0.339 e. The molecule has 100 valence electrons. The van der Waals surface area contributed by atoms with E-state index in [2.05, 4.69) is 42.0 Å². The first-order valence-corrected chi connectivity index (χ1v) is 6.88. The average molecular weight is 248 g/mol. The second-order valence-corrected chi connectivity index (χ2v) is 5.46. The van der Waals surface area contributed by atoms with Crippen molar-refractivity contribution in [2.24, 2.45) is 0 Å². The van der Waals surface area contributed by atoms with Gasteiger partial charge in [0.05, 0.1) is 0 Å². The van der Waals surface area contributed by atoms with Gasteiger partial charge in [0.2, 0.25) is 5.95 Å². The van der Waals surface area contributed by atoms with Gasteiger partial charge in [0.1, 0.15) is 0 Å². The number of anilines is 1. The molecule has 1 aromatic heterocycles. The van der Waals surface area contributed by atoms with Crippen LogP contribution in [-0.4, -0.2) is 36.1 Å². The molecule has 1 N–H and O–H groups in total. The lowest BCUT2D eigenvalue weighted by atomic mass is 10.1. The number of nitrogens with zero attached hydrogens (tertiary/aromatic N) is 3. The quantitative estimate of drug-likeness (QED) is 0.889. The Bertz CT molecular complexity index is 403. The molecule has 1 aromatic rings. The highest BCUT2D eigenvalue weighted by atomic mass is 15.3. The predicted octanol–water partition coefficient (Wildman–Crippen LogP) is 2.10. The summed E-state index contributed by atoms with van der Waals surface area (Å²) >= 11 is 0. The number of nitrogens with one attached hydrogen (secondary N) is 1. The van der Waals surface area contributed by atoms with Crippen LogP contribution in [0.15, 0.2) is 6.07 Å². The molecule has 0 saturated carbocycles. The average Bonchev–Trinajstić information content (AvgIpc) is 2.38. The number of hydrogen-bond donors (Lipinski definition) is 1. The SMILES string of the molecule is CNC1CCCN(c2nc(C)cc(C(C)C)n2)C1. The topological polar surface area (TPSA) is 41.0 Å². The molecule has 1 fully saturated rings. The Labute approximate surface area is 110 Å². The van der Waals surface area contributed by atoms with Crippen molar-refractivity contribution in [3.63, 3.8) is 0 Å². The van der Waals surface area contributed by atoms with Gasteiger partial charge in [-0.05, 0) is 38.8 Å². The zero-order valence-electron chi connectivity index (χ0n) is 11.9. The molecule has 0 aliphatic carbocycles. The minimum absolute atomic E-state index is 0.454. The van der Waals surface area contributed by atoms with Gasteiger partial charge in [0, 0.05) is 30.5 Å². The monoisotopic (exact) mass is 248 g/mol. The van der Waals surface area contributed by atoms with E-state index in [9.17, 15) is 0 Å². The van der Waals surface area contributed by atoms with Crippen LogP contribution in [-0.2, 0) is 0 Å². The van der Waals surface area contributed by atoms with E-state index in [1.54, 1.807) is 0 Å². The van der Waals surface area contributed by atoms with Crippen LogP contribution in [0.4, 0.5) is 5.95 Å². The zero-order chi connectivity index (χ0) is 13.1. The fraction of sp³-hybridized carbons (Fsp3) is 0.714. The maximum Gasteiger partial charge on any atom is 0.225 e. The smallest absolute Gasteiger partial charge is 0.225 e. The second-order valence-electron chi connectivity index (χ2n) is 5.46. The molecule has 0 bridgehead atoms. The number of aryl methyl sites for hydroxylation is 1. The number of aromatic nitrogens is 2. The van der Waals surface area contributed by atoms with E-state index in [-0.39, 0.29) is 0 Å². The van der Waals surface area contributed by atoms with Crippen molar-refractivity contribution >= 4 is 5.95 Å². The normalized spacial score (nSPS) is 20.5. The molecule has 1 aliphatic rings. The van der Waals surface area contributed by atoms with Crippen LogP contribution in [0.2, 0.25) is 0 Å². The van der Waals surface area contributed by atoms with Crippen LogP contribution < -0.4 is 10.2 Å². The first-order chi connectivity index (χ1) is 8.60. The van der Waals surface area contributed by atoms with Gasteiger partial charge in [0.25, 0.3) is 0 Å². The predicted molar refractivity (Wildman–Crippen MR) is 75.2 cm³/mol. The van der Waals surface area contributed by atoms with E-state index >= 15 is 0 Å². The van der Waals surface area contributed by atoms with E-state index in [0.29, 0.717) is 12.0 Å². The summed E-state index contributed by atoms with van der Waals surface area (Å²) in [5, 5.41) is 3.36. The van der Waals surface area contributed by atoms with Crippen LogP contribution >= 0.6 is 0 Å². The van der Waals surface area contributed by atoms with E-state index in [0.717, 1.165) is 30.4 Å². The lowest BCUT2D eigenvalue weighted by molar-refractivity contribution is 0.444. The van der Waals surface area contributed by atoms with Gasteiger partial charge < -0.3 is 10.2 Å². The minimum Gasteiger partial charge on any atom is -0.339 e. The summed E-state index contributed by atoms with van der Waals surface area (Å²) in [4.78, 5) is 11.6. The van der Waals surface area contributed by atoms with Gasteiger partial charge >= 0.3 is 0 Å². The molecule has 18 heavy (non-hydrogen) atoms. The lowest BCUT2D eigenvalue weighted by Crippen LogP contribution is -2.45. The van der Waals surface area contributed by atoms with E-state index in [4.69, 9.17) is 4.98 Å². The Morgan fingerprint density at radius 1 is 1.39 bits per heavy atom. The molecule has 4 nitrogen and oxygen atoms in total. The molecule has 2 heterocycles. The molecular formula is C14H24N4.